The smallest absolute Gasteiger partial charge is 0.241 e. The summed E-state index contributed by atoms with van der Waals surface area (Å²) in [4.78, 5) is 25.6. The van der Waals surface area contributed by atoms with Gasteiger partial charge in [0, 0.05) is 53.9 Å². The molecule has 1 aliphatic rings. The predicted octanol–water partition coefficient (Wildman–Crippen LogP) is 3.24. The summed E-state index contributed by atoms with van der Waals surface area (Å²) in [6, 6.07) is 4.09. The summed E-state index contributed by atoms with van der Waals surface area (Å²) in [7, 11) is 0. The third-order valence-electron chi connectivity index (χ3n) is 4.63. The van der Waals surface area contributed by atoms with Gasteiger partial charge in [0.2, 0.25) is 5.70 Å². The molecular weight excluding hydrogens is 428 g/mol. The second-order valence-corrected chi connectivity index (χ2v) is 6.56. The standard InChI is InChI=1S/C22H9F2N9/c1-11-28-5-12(6-29-11)15(3-25)17-18(16(4-26)13-7-30-21(23)31-8-13)19(17)20(27-2)14-9-32-22(24)33-10-14/h5-10H,1H3. The molecule has 3 aromatic rings. The number of aromatic nitrogens is 6. The Morgan fingerprint density at radius 2 is 1.12 bits per heavy atom. The van der Waals surface area contributed by atoms with E-state index in [0.717, 1.165) is 24.8 Å². The van der Waals surface area contributed by atoms with E-state index in [0.29, 0.717) is 17.0 Å². The van der Waals surface area contributed by atoms with Crippen LogP contribution in [0.4, 0.5) is 8.78 Å². The van der Waals surface area contributed by atoms with Crippen molar-refractivity contribution in [1.82, 2.24) is 29.9 Å². The molecule has 0 amide bonds. The molecule has 0 radical (unpaired) electrons. The molecule has 0 saturated heterocycles. The first-order chi connectivity index (χ1) is 16.0. The van der Waals surface area contributed by atoms with E-state index < -0.39 is 12.2 Å². The lowest BCUT2D eigenvalue weighted by Gasteiger charge is -1.98. The van der Waals surface area contributed by atoms with Gasteiger partial charge >= 0.3 is 12.2 Å². The Bertz CT molecular complexity index is 1280. The molecule has 0 aliphatic heterocycles. The van der Waals surface area contributed by atoms with Gasteiger partial charge in [0.05, 0.1) is 17.7 Å². The van der Waals surface area contributed by atoms with E-state index >= 15 is 0 Å². The van der Waals surface area contributed by atoms with Crippen LogP contribution >= 0.6 is 0 Å². The van der Waals surface area contributed by atoms with Crippen LogP contribution in [0.2, 0.25) is 0 Å². The fourth-order valence-corrected chi connectivity index (χ4v) is 3.12. The van der Waals surface area contributed by atoms with Gasteiger partial charge in [-0.05, 0) is 23.6 Å². The summed E-state index contributed by atoms with van der Waals surface area (Å²) in [6.45, 7) is 9.36. The van der Waals surface area contributed by atoms with Crippen molar-refractivity contribution in [2.45, 2.75) is 6.92 Å². The highest BCUT2D eigenvalue weighted by Crippen LogP contribution is 2.55. The lowest BCUT2D eigenvalue weighted by molar-refractivity contribution is 0.537. The SMILES string of the molecule is [C-]#[N+]C(=C1C(=C(C#N)c2cnc(C)nc2)C1=C(C#N)c1cnc(F)nc1)c1cnc(F)nc1. The van der Waals surface area contributed by atoms with Crippen LogP contribution in [-0.4, -0.2) is 29.9 Å². The molecule has 3 aromatic heterocycles. The number of rotatable bonds is 3. The van der Waals surface area contributed by atoms with E-state index in [1.54, 1.807) is 6.92 Å². The van der Waals surface area contributed by atoms with Crippen molar-refractivity contribution in [3.63, 3.8) is 0 Å². The van der Waals surface area contributed by atoms with Gasteiger partial charge in [-0.3, -0.25) is 0 Å². The van der Waals surface area contributed by atoms with Gasteiger partial charge in [0.15, 0.2) is 0 Å². The molecule has 156 valence electrons. The molecule has 11 heteroatoms. The van der Waals surface area contributed by atoms with Crippen molar-refractivity contribution in [2.75, 3.05) is 0 Å². The summed E-state index contributed by atoms with van der Waals surface area (Å²) in [5.41, 5.74) is 1.79. The third kappa shape index (κ3) is 3.92. The van der Waals surface area contributed by atoms with Gasteiger partial charge in [-0.15, -0.1) is 0 Å². The number of allylic oxidation sites excluding steroid dienone is 5. The Labute approximate surface area is 185 Å². The van der Waals surface area contributed by atoms with Crippen LogP contribution < -0.4 is 0 Å². The van der Waals surface area contributed by atoms with Gasteiger partial charge in [0.1, 0.15) is 18.0 Å². The predicted molar refractivity (Wildman–Crippen MR) is 109 cm³/mol. The molecule has 0 aromatic carbocycles. The molecular formula is C22H9F2N9. The molecule has 4 rings (SSSR count). The normalized spacial score (nSPS) is 16.7. The van der Waals surface area contributed by atoms with Gasteiger partial charge in [-0.2, -0.15) is 19.3 Å². The minimum absolute atomic E-state index is 0.0107. The van der Waals surface area contributed by atoms with Crippen LogP contribution in [-0.2, 0) is 0 Å². The molecule has 1 saturated carbocycles. The van der Waals surface area contributed by atoms with Crippen molar-refractivity contribution in [1.29, 1.82) is 10.5 Å². The minimum atomic E-state index is -0.969. The van der Waals surface area contributed by atoms with E-state index in [-0.39, 0.29) is 39.1 Å². The lowest BCUT2D eigenvalue weighted by atomic mass is 10.1. The molecule has 0 unspecified atom stereocenters. The minimum Gasteiger partial charge on any atom is -0.241 e. The maximum Gasteiger partial charge on any atom is 0.308 e. The first kappa shape index (κ1) is 21.0. The molecule has 0 bridgehead atoms. The number of nitriles is 2. The van der Waals surface area contributed by atoms with Crippen molar-refractivity contribution in [2.24, 2.45) is 0 Å². The molecule has 1 aliphatic carbocycles. The Morgan fingerprint density at radius 1 is 0.727 bits per heavy atom. The topological polar surface area (TPSA) is 129 Å². The molecule has 3 heterocycles. The monoisotopic (exact) mass is 437 g/mol. The first-order valence-electron chi connectivity index (χ1n) is 9.15. The van der Waals surface area contributed by atoms with Gasteiger partial charge in [-0.1, -0.05) is 0 Å². The number of aryl methyl sites for hydroxylation is 1. The Kier molecular flexibility index (Phi) is 5.42. The van der Waals surface area contributed by atoms with Crippen LogP contribution in [0.15, 0.2) is 53.9 Å². The number of hydrogen-bond acceptors (Lipinski definition) is 8. The van der Waals surface area contributed by atoms with Crippen LogP contribution in [0.5, 0.6) is 0 Å². The fraction of sp³-hybridized carbons (Fsp3) is 0.0455. The summed E-state index contributed by atoms with van der Waals surface area (Å²) < 4.78 is 26.4. The van der Waals surface area contributed by atoms with Crippen LogP contribution in [0.1, 0.15) is 22.5 Å². The van der Waals surface area contributed by atoms with Gasteiger partial charge in [0.25, 0.3) is 0 Å². The lowest BCUT2D eigenvalue weighted by Crippen LogP contribution is -1.92. The van der Waals surface area contributed by atoms with Crippen LogP contribution in [0.3, 0.4) is 0 Å². The molecule has 9 nitrogen and oxygen atoms in total. The summed E-state index contributed by atoms with van der Waals surface area (Å²) in [5.74, 6) is 0.495. The molecule has 0 atom stereocenters. The highest BCUT2D eigenvalue weighted by molar-refractivity contribution is 6.10. The van der Waals surface area contributed by atoms with Gasteiger partial charge in [-0.25, -0.2) is 34.7 Å². The van der Waals surface area contributed by atoms with E-state index in [2.05, 4.69) is 40.8 Å². The maximum absolute atomic E-state index is 13.2. The summed E-state index contributed by atoms with van der Waals surface area (Å²) >= 11 is 0. The van der Waals surface area contributed by atoms with Crippen LogP contribution in [0.25, 0.3) is 21.7 Å². The Hall–Kier alpha value is -5.21. The zero-order valence-corrected chi connectivity index (χ0v) is 16.7. The molecule has 33 heavy (non-hydrogen) atoms. The van der Waals surface area contributed by atoms with Crippen molar-refractivity contribution in [3.05, 3.63) is 100.0 Å². The molecule has 1 fully saturated rings. The first-order valence-corrected chi connectivity index (χ1v) is 9.15. The Morgan fingerprint density at radius 3 is 1.52 bits per heavy atom. The highest BCUT2D eigenvalue weighted by Gasteiger charge is 2.41. The second kappa shape index (κ2) is 8.50. The Balaban J connectivity index is 2.06. The van der Waals surface area contributed by atoms with E-state index in [9.17, 15) is 19.3 Å². The van der Waals surface area contributed by atoms with Crippen LogP contribution in [0, 0.1) is 48.3 Å². The van der Waals surface area contributed by atoms with E-state index in [1.807, 2.05) is 6.07 Å². The van der Waals surface area contributed by atoms with Gasteiger partial charge < -0.3 is 0 Å². The van der Waals surface area contributed by atoms with E-state index in [1.165, 1.54) is 12.4 Å². The fourth-order valence-electron chi connectivity index (χ4n) is 3.12. The summed E-state index contributed by atoms with van der Waals surface area (Å²) in [5, 5.41) is 19.8. The second-order valence-electron chi connectivity index (χ2n) is 6.56. The number of halogens is 2. The quantitative estimate of drug-likeness (QED) is 0.347. The summed E-state index contributed by atoms with van der Waals surface area (Å²) in [6.07, 6.45) is 5.48. The largest absolute Gasteiger partial charge is 0.308 e. The average Bonchev–Trinajstić information content (AvgIpc) is 3.53. The highest BCUT2D eigenvalue weighted by atomic mass is 19.1. The van der Waals surface area contributed by atoms with Crippen molar-refractivity contribution >= 4 is 16.8 Å². The average molecular weight is 437 g/mol. The third-order valence-corrected chi connectivity index (χ3v) is 4.63. The number of hydrogen-bond donors (Lipinski definition) is 0. The number of nitrogens with zero attached hydrogens (tertiary/aromatic N) is 9. The molecule has 0 N–H and O–H groups in total. The zero-order valence-electron chi connectivity index (χ0n) is 16.7. The van der Waals surface area contributed by atoms with Crippen molar-refractivity contribution in [3.8, 4) is 12.1 Å². The molecule has 0 spiro atoms. The zero-order chi connectivity index (χ0) is 23.5. The van der Waals surface area contributed by atoms with E-state index in [4.69, 9.17) is 6.57 Å². The van der Waals surface area contributed by atoms with Crippen molar-refractivity contribution < 1.29 is 8.78 Å². The maximum atomic E-state index is 13.2.